The Morgan fingerprint density at radius 3 is 2.37 bits per heavy atom. The number of rotatable bonds is 5. The van der Waals surface area contributed by atoms with Crippen molar-refractivity contribution < 1.29 is 17.9 Å². The summed E-state index contributed by atoms with van der Waals surface area (Å²) in [4.78, 5) is 13.9. The molecule has 162 valence electrons. The molecule has 0 saturated heterocycles. The monoisotopic (exact) mass is 467 g/mol. The van der Waals surface area contributed by atoms with Crippen molar-refractivity contribution in [3.63, 3.8) is 0 Å². The summed E-state index contributed by atoms with van der Waals surface area (Å²) >= 11 is 6.97. The summed E-state index contributed by atoms with van der Waals surface area (Å²) in [6.07, 6.45) is 6.34. The Morgan fingerprint density at radius 1 is 1.07 bits per heavy atom. The van der Waals surface area contributed by atoms with E-state index in [0.29, 0.717) is 21.4 Å². The number of methoxy groups -OCH3 is 1. The number of aryl methyl sites for hydroxylation is 1. The van der Waals surface area contributed by atoms with Crippen LogP contribution < -0.4 is 15.4 Å². The van der Waals surface area contributed by atoms with Crippen LogP contribution in [0.4, 0.5) is 10.7 Å². The molecule has 1 aliphatic carbocycles. The van der Waals surface area contributed by atoms with E-state index < -0.39 is 10.0 Å². The van der Waals surface area contributed by atoms with E-state index in [-0.39, 0.29) is 10.9 Å². The molecule has 10 heteroatoms. The molecule has 0 spiro atoms. The molecular weight excluding hydrogens is 442 g/mol. The number of nitrogens with one attached hydrogen (secondary N) is 3. The molecule has 3 N–H and O–H groups in total. The Hall–Kier alpha value is -2.01. The van der Waals surface area contributed by atoms with E-state index in [4.69, 9.17) is 17.0 Å². The average Bonchev–Trinajstić information content (AvgIpc) is 3.03. The van der Waals surface area contributed by atoms with Gasteiger partial charge in [-0.15, -0.1) is 11.3 Å². The van der Waals surface area contributed by atoms with E-state index in [0.717, 1.165) is 37.7 Å². The van der Waals surface area contributed by atoms with Crippen LogP contribution >= 0.6 is 23.6 Å². The van der Waals surface area contributed by atoms with Gasteiger partial charge in [0.15, 0.2) is 5.11 Å². The second-order valence-corrected chi connectivity index (χ2v) is 10.3. The van der Waals surface area contributed by atoms with Crippen LogP contribution in [0.2, 0.25) is 0 Å². The van der Waals surface area contributed by atoms with Crippen molar-refractivity contribution in [2.24, 2.45) is 0 Å². The lowest BCUT2D eigenvalue weighted by Gasteiger charge is -2.12. The van der Waals surface area contributed by atoms with Crippen molar-refractivity contribution >= 4 is 55.3 Å². The van der Waals surface area contributed by atoms with Gasteiger partial charge in [0, 0.05) is 10.6 Å². The first-order valence-electron chi connectivity index (χ1n) is 9.70. The maximum absolute atomic E-state index is 12.5. The van der Waals surface area contributed by atoms with Gasteiger partial charge in [-0.25, -0.2) is 17.9 Å². The van der Waals surface area contributed by atoms with Crippen molar-refractivity contribution in [2.75, 3.05) is 24.8 Å². The summed E-state index contributed by atoms with van der Waals surface area (Å²) in [7, 11) is -0.744. The highest BCUT2D eigenvalue weighted by atomic mass is 32.2. The largest absolute Gasteiger partial charge is 0.465 e. The highest BCUT2D eigenvalue weighted by Gasteiger charge is 2.25. The lowest BCUT2D eigenvalue weighted by atomic mass is 9.96. The molecule has 0 fully saturated rings. The van der Waals surface area contributed by atoms with Gasteiger partial charge in [0.1, 0.15) is 5.00 Å². The molecule has 7 nitrogen and oxygen atoms in total. The second-order valence-electron chi connectivity index (χ2n) is 6.92. The van der Waals surface area contributed by atoms with Crippen LogP contribution in [0.15, 0.2) is 29.2 Å². The van der Waals surface area contributed by atoms with Gasteiger partial charge in [0.25, 0.3) is 0 Å². The lowest BCUT2D eigenvalue weighted by molar-refractivity contribution is 0.0601. The molecule has 0 amide bonds. The van der Waals surface area contributed by atoms with Crippen molar-refractivity contribution in [1.82, 2.24) is 4.72 Å². The molecule has 1 heterocycles. The van der Waals surface area contributed by atoms with Gasteiger partial charge >= 0.3 is 5.97 Å². The lowest BCUT2D eigenvalue weighted by Crippen LogP contribution is -2.21. The van der Waals surface area contributed by atoms with Crippen molar-refractivity contribution in [3.05, 3.63) is 40.3 Å². The highest BCUT2D eigenvalue weighted by Crippen LogP contribution is 2.37. The van der Waals surface area contributed by atoms with Gasteiger partial charge in [0.2, 0.25) is 10.0 Å². The zero-order valence-corrected chi connectivity index (χ0v) is 19.4. The third-order valence-corrected chi connectivity index (χ3v) is 7.82. The molecule has 0 aliphatic heterocycles. The number of benzene rings is 1. The van der Waals surface area contributed by atoms with Crippen LogP contribution in [-0.4, -0.2) is 33.7 Å². The van der Waals surface area contributed by atoms with E-state index in [1.54, 1.807) is 23.5 Å². The minimum absolute atomic E-state index is 0.167. The number of anilines is 2. The smallest absolute Gasteiger partial charge is 0.341 e. The number of carbonyl (C=O) groups excluding carboxylic acids is 1. The first kappa shape index (κ1) is 22.7. The Balaban J connectivity index is 1.79. The molecule has 0 bridgehead atoms. The number of fused-ring (bicyclic) bond motifs is 1. The number of hydrogen-bond acceptors (Lipinski definition) is 6. The number of hydrogen-bond donors (Lipinski definition) is 3. The fourth-order valence-corrected chi connectivity index (χ4v) is 5.72. The summed E-state index contributed by atoms with van der Waals surface area (Å²) < 4.78 is 31.0. The SMILES string of the molecule is CNS(=O)(=O)c1ccc(NC(=S)Nc2sc3c(c2C(=O)OC)CCCCCC3)cc1. The summed E-state index contributed by atoms with van der Waals surface area (Å²) in [6, 6.07) is 6.25. The predicted octanol–water partition coefficient (Wildman–Crippen LogP) is 3.91. The molecule has 1 aliphatic rings. The molecular formula is C20H25N3O4S3. The van der Waals surface area contributed by atoms with E-state index in [2.05, 4.69) is 15.4 Å². The second kappa shape index (κ2) is 9.86. The molecule has 0 atom stereocenters. The van der Waals surface area contributed by atoms with Gasteiger partial charge in [-0.3, -0.25) is 0 Å². The van der Waals surface area contributed by atoms with Gasteiger partial charge < -0.3 is 15.4 Å². The van der Waals surface area contributed by atoms with E-state index in [9.17, 15) is 13.2 Å². The fourth-order valence-electron chi connectivity index (χ4n) is 3.43. The molecule has 0 saturated carbocycles. The van der Waals surface area contributed by atoms with E-state index in [1.165, 1.54) is 37.6 Å². The minimum Gasteiger partial charge on any atom is -0.465 e. The number of carbonyl (C=O) groups is 1. The Bertz CT molecular complexity index is 1030. The van der Waals surface area contributed by atoms with Crippen LogP contribution in [0, 0.1) is 0 Å². The Morgan fingerprint density at radius 2 is 1.73 bits per heavy atom. The van der Waals surface area contributed by atoms with Crippen LogP contribution in [0.1, 0.15) is 46.5 Å². The molecule has 0 radical (unpaired) electrons. The third kappa shape index (κ3) is 5.18. The molecule has 1 aromatic carbocycles. The number of esters is 1. The highest BCUT2D eigenvalue weighted by molar-refractivity contribution is 7.89. The van der Waals surface area contributed by atoms with E-state index in [1.807, 2.05) is 0 Å². The summed E-state index contributed by atoms with van der Waals surface area (Å²) in [6.45, 7) is 0. The molecule has 0 unspecified atom stereocenters. The van der Waals surface area contributed by atoms with E-state index >= 15 is 0 Å². The standard InChI is InChI=1S/C20H25N3O4S3/c1-21-30(25,26)14-11-9-13(10-12-14)22-20(28)23-18-17(19(24)27-2)15-7-5-3-4-6-8-16(15)29-18/h9-12,21H,3-8H2,1-2H3,(H2,22,23,28). The van der Waals surface area contributed by atoms with Crippen LogP contribution in [-0.2, 0) is 27.6 Å². The minimum atomic E-state index is -3.49. The first-order chi connectivity index (χ1) is 14.4. The first-order valence-corrected chi connectivity index (χ1v) is 12.4. The maximum Gasteiger partial charge on any atom is 0.341 e. The fraction of sp³-hybridized carbons (Fsp3) is 0.400. The predicted molar refractivity (Wildman–Crippen MR) is 124 cm³/mol. The van der Waals surface area contributed by atoms with Gasteiger partial charge in [-0.1, -0.05) is 12.8 Å². The zero-order chi connectivity index (χ0) is 21.7. The zero-order valence-electron chi connectivity index (χ0n) is 16.9. The molecule has 30 heavy (non-hydrogen) atoms. The molecule has 1 aromatic heterocycles. The third-order valence-electron chi connectivity index (χ3n) is 4.98. The summed E-state index contributed by atoms with van der Waals surface area (Å²) in [5, 5.41) is 7.17. The summed E-state index contributed by atoms with van der Waals surface area (Å²) in [5.41, 5.74) is 2.27. The Labute approximate surface area is 186 Å². The number of thiocarbonyl (C=S) groups is 1. The number of ether oxygens (including phenoxy) is 1. The van der Waals surface area contributed by atoms with Crippen molar-refractivity contribution in [2.45, 2.75) is 43.4 Å². The molecule has 3 rings (SSSR count). The van der Waals surface area contributed by atoms with Crippen LogP contribution in [0.25, 0.3) is 0 Å². The quantitative estimate of drug-likeness (QED) is 0.453. The van der Waals surface area contributed by atoms with Gasteiger partial charge in [0.05, 0.1) is 17.6 Å². The summed E-state index contributed by atoms with van der Waals surface area (Å²) in [5.74, 6) is -0.361. The van der Waals surface area contributed by atoms with Crippen LogP contribution in [0.3, 0.4) is 0 Å². The topological polar surface area (TPSA) is 96.5 Å². The number of sulfonamides is 1. The van der Waals surface area contributed by atoms with Gasteiger partial charge in [-0.2, -0.15) is 0 Å². The maximum atomic E-state index is 12.5. The normalized spacial score (nSPS) is 14.2. The molecule has 2 aromatic rings. The van der Waals surface area contributed by atoms with Gasteiger partial charge in [-0.05, 0) is 74.8 Å². The van der Waals surface area contributed by atoms with Crippen molar-refractivity contribution in [1.29, 1.82) is 0 Å². The average molecular weight is 468 g/mol. The van der Waals surface area contributed by atoms with Crippen LogP contribution in [0.5, 0.6) is 0 Å². The van der Waals surface area contributed by atoms with Crippen molar-refractivity contribution in [3.8, 4) is 0 Å². The Kier molecular flexibility index (Phi) is 7.45. The number of thiophene rings is 1.